The molecule has 2 saturated heterocycles. The van der Waals surface area contributed by atoms with Crippen molar-refractivity contribution >= 4 is 21.7 Å². The Labute approximate surface area is 139 Å². The Morgan fingerprint density at radius 3 is 2.45 bits per heavy atom. The van der Waals surface area contributed by atoms with E-state index in [9.17, 15) is 23.1 Å². The first-order chi connectivity index (χ1) is 8.67. The number of hydrogen-bond donors (Lipinski definition) is 1. The summed E-state index contributed by atoms with van der Waals surface area (Å²) in [5.41, 5.74) is 0. The summed E-state index contributed by atoms with van der Waals surface area (Å²) >= 11 is 0. The number of aliphatic carboxylic acids is 1. The Hall–Kier alpha value is -0.150. The number of sulfone groups is 1. The van der Waals surface area contributed by atoms with E-state index in [2.05, 4.69) is 0 Å². The molecule has 20 heavy (non-hydrogen) atoms. The van der Waals surface area contributed by atoms with Gasteiger partial charge in [-0.25, -0.2) is 8.42 Å². The second-order valence-electron chi connectivity index (χ2n) is 5.48. The number of fused-ring (bicyclic) bond motifs is 1. The Bertz CT molecular complexity index is 531. The molecular weight excluding hydrogens is 297 g/mol. The van der Waals surface area contributed by atoms with Crippen molar-refractivity contribution in [1.29, 1.82) is 0 Å². The minimum atomic E-state index is -3.77. The van der Waals surface area contributed by atoms with E-state index < -0.39 is 43.8 Å². The number of aliphatic hydroxyl groups is 1. The number of rotatable bonds is 4. The molecule has 0 unspecified atom stereocenters. The van der Waals surface area contributed by atoms with E-state index >= 15 is 0 Å². The van der Waals surface area contributed by atoms with E-state index in [1.807, 2.05) is 0 Å². The summed E-state index contributed by atoms with van der Waals surface area (Å²) in [6.45, 7) is 2.47. The van der Waals surface area contributed by atoms with Crippen LogP contribution in [-0.4, -0.2) is 53.1 Å². The SMILES string of the molecule is CC1(C)[C@H](C(=O)[O-])N2C(=O)[C@@H](CCCO)[C@H]2S1(=O)=O.[Na+]. The summed E-state index contributed by atoms with van der Waals surface area (Å²) in [7, 11) is -3.77. The molecule has 2 fully saturated rings. The van der Waals surface area contributed by atoms with Crippen molar-refractivity contribution in [2.75, 3.05) is 6.61 Å². The number of amides is 1. The first-order valence-corrected chi connectivity index (χ1v) is 7.60. The minimum absolute atomic E-state index is 0. The van der Waals surface area contributed by atoms with Crippen molar-refractivity contribution < 1.29 is 57.8 Å². The zero-order valence-corrected chi connectivity index (χ0v) is 14.5. The normalized spacial score (nSPS) is 33.0. The largest absolute Gasteiger partial charge is 1.00 e. The molecule has 108 valence electrons. The predicted molar refractivity (Wildman–Crippen MR) is 62.2 cm³/mol. The number of carboxylic acids is 1. The molecule has 1 amide bonds. The van der Waals surface area contributed by atoms with Crippen LogP contribution in [0.4, 0.5) is 0 Å². The quantitative estimate of drug-likeness (QED) is 0.410. The van der Waals surface area contributed by atoms with Crippen molar-refractivity contribution in [2.45, 2.75) is 42.9 Å². The maximum absolute atomic E-state index is 12.4. The second-order valence-corrected chi connectivity index (χ2v) is 8.10. The predicted octanol–water partition coefficient (Wildman–Crippen LogP) is -5.13. The van der Waals surface area contributed by atoms with Gasteiger partial charge in [-0.1, -0.05) is 0 Å². The molecule has 9 heteroatoms. The first kappa shape index (κ1) is 17.9. The molecule has 0 saturated carbocycles. The molecule has 0 aromatic heterocycles. The molecule has 0 bridgehead atoms. The number of nitrogens with zero attached hydrogens (tertiary/aromatic N) is 1. The molecule has 0 spiro atoms. The van der Waals surface area contributed by atoms with Crippen molar-refractivity contribution in [3.8, 4) is 0 Å². The van der Waals surface area contributed by atoms with E-state index in [-0.39, 0.29) is 42.6 Å². The smallest absolute Gasteiger partial charge is 0.548 e. The van der Waals surface area contributed by atoms with Gasteiger partial charge in [0.25, 0.3) is 0 Å². The number of carbonyl (C=O) groups is 2. The summed E-state index contributed by atoms with van der Waals surface area (Å²) in [4.78, 5) is 24.0. The zero-order chi connectivity index (χ0) is 14.6. The van der Waals surface area contributed by atoms with Crippen LogP contribution >= 0.6 is 0 Å². The van der Waals surface area contributed by atoms with Crippen LogP contribution in [-0.2, 0) is 19.4 Å². The van der Waals surface area contributed by atoms with Gasteiger partial charge in [-0.3, -0.25) is 4.79 Å². The Balaban J connectivity index is 0.00000200. The summed E-state index contributed by atoms with van der Waals surface area (Å²) < 4.78 is 23.2. The van der Waals surface area contributed by atoms with E-state index in [4.69, 9.17) is 5.11 Å². The van der Waals surface area contributed by atoms with Gasteiger partial charge in [0.1, 0.15) is 5.37 Å². The standard InChI is InChI=1S/C11H17NO6S.Na/c1-11(2)7(10(15)16)12-8(14)6(4-3-5-13)9(12)19(11,17)18;/h6-7,9,13H,3-5H2,1-2H3,(H,15,16);/q;+1/p-1/t6-,7+,9-;/m1./s1. The fraction of sp³-hybridized carbons (Fsp3) is 0.818. The molecule has 7 nitrogen and oxygen atoms in total. The van der Waals surface area contributed by atoms with Crippen LogP contribution in [0, 0.1) is 5.92 Å². The third kappa shape index (κ3) is 2.12. The van der Waals surface area contributed by atoms with Gasteiger partial charge in [-0.05, 0) is 26.7 Å². The number of β-lactam (4-membered cyclic amide) rings is 1. The fourth-order valence-electron chi connectivity index (χ4n) is 2.97. The van der Waals surface area contributed by atoms with Crippen molar-refractivity contribution in [3.63, 3.8) is 0 Å². The summed E-state index contributed by atoms with van der Waals surface area (Å²) in [5.74, 6) is -2.78. The Kier molecular flexibility index (Phi) is 4.98. The van der Waals surface area contributed by atoms with Crippen molar-refractivity contribution in [3.05, 3.63) is 0 Å². The second kappa shape index (κ2) is 5.57. The van der Waals surface area contributed by atoms with Gasteiger partial charge >= 0.3 is 29.6 Å². The maximum atomic E-state index is 12.4. The van der Waals surface area contributed by atoms with Gasteiger partial charge in [-0.15, -0.1) is 0 Å². The van der Waals surface area contributed by atoms with Crippen molar-refractivity contribution in [2.24, 2.45) is 5.92 Å². The van der Waals surface area contributed by atoms with Crippen molar-refractivity contribution in [1.82, 2.24) is 4.90 Å². The number of aliphatic hydroxyl groups excluding tert-OH is 1. The van der Waals surface area contributed by atoms with E-state index in [0.29, 0.717) is 6.42 Å². The first-order valence-electron chi connectivity index (χ1n) is 6.05. The Morgan fingerprint density at radius 1 is 1.45 bits per heavy atom. The zero-order valence-electron chi connectivity index (χ0n) is 11.7. The van der Waals surface area contributed by atoms with Crippen LogP contribution in [0.1, 0.15) is 26.7 Å². The molecule has 2 heterocycles. The third-order valence-corrected chi connectivity index (χ3v) is 6.96. The molecule has 3 atom stereocenters. The molecule has 0 aromatic rings. The van der Waals surface area contributed by atoms with Crippen LogP contribution in [0.2, 0.25) is 0 Å². The average Bonchev–Trinajstić information content (AvgIpc) is 2.43. The number of carboxylic acid groups (broad SMARTS) is 1. The minimum Gasteiger partial charge on any atom is -0.548 e. The molecule has 2 aliphatic heterocycles. The van der Waals surface area contributed by atoms with E-state index in [1.165, 1.54) is 13.8 Å². The fourth-order valence-corrected chi connectivity index (χ4v) is 5.32. The monoisotopic (exact) mass is 313 g/mol. The molecule has 0 aliphatic carbocycles. The van der Waals surface area contributed by atoms with E-state index in [0.717, 1.165) is 4.90 Å². The van der Waals surface area contributed by atoms with Gasteiger partial charge in [0, 0.05) is 6.61 Å². The third-order valence-electron chi connectivity index (χ3n) is 4.07. The topological polar surface area (TPSA) is 115 Å². The van der Waals surface area contributed by atoms with Gasteiger partial charge in [0.05, 0.1) is 22.7 Å². The van der Waals surface area contributed by atoms with Crippen LogP contribution in [0.3, 0.4) is 0 Å². The summed E-state index contributed by atoms with van der Waals surface area (Å²) in [5, 5.41) is 18.8. The molecule has 0 aromatic carbocycles. The van der Waals surface area contributed by atoms with Gasteiger partial charge < -0.3 is 19.9 Å². The van der Waals surface area contributed by atoms with E-state index in [1.54, 1.807) is 0 Å². The average molecular weight is 313 g/mol. The summed E-state index contributed by atoms with van der Waals surface area (Å²) in [6, 6.07) is -1.44. The van der Waals surface area contributed by atoms with Crippen LogP contribution < -0.4 is 34.7 Å². The molecule has 0 radical (unpaired) electrons. The maximum Gasteiger partial charge on any atom is 1.00 e. The van der Waals surface area contributed by atoms with Gasteiger partial charge in [-0.2, -0.15) is 0 Å². The molecule has 2 rings (SSSR count). The number of hydrogen-bond acceptors (Lipinski definition) is 6. The summed E-state index contributed by atoms with van der Waals surface area (Å²) in [6.07, 6.45) is 0.554. The van der Waals surface area contributed by atoms with Crippen LogP contribution in [0.15, 0.2) is 0 Å². The Morgan fingerprint density at radius 2 is 2.00 bits per heavy atom. The molecule has 2 aliphatic rings. The van der Waals surface area contributed by atoms with Crippen LogP contribution in [0.25, 0.3) is 0 Å². The molecule has 1 N–H and O–H groups in total. The van der Waals surface area contributed by atoms with Crippen LogP contribution in [0.5, 0.6) is 0 Å². The van der Waals surface area contributed by atoms with Gasteiger partial charge in [0.2, 0.25) is 5.91 Å². The van der Waals surface area contributed by atoms with Gasteiger partial charge in [0.15, 0.2) is 9.84 Å². The number of carbonyl (C=O) groups excluding carboxylic acids is 2. The molecular formula is C11H16NNaO6S.